The SMILES string of the molecule is Cc1c2c(C)c3c(C)c1CC(=O)Cc1cc(cc(c1)CC(=O)C3)CC(=O)C2. The topological polar surface area (TPSA) is 51.2 Å². The van der Waals surface area contributed by atoms with Crippen LogP contribution in [0.25, 0.3) is 0 Å². The van der Waals surface area contributed by atoms with E-state index in [0.29, 0.717) is 38.5 Å². The molecule has 0 saturated carbocycles. The van der Waals surface area contributed by atoms with E-state index >= 15 is 0 Å². The number of carbonyl (C=O) groups is 3. The Morgan fingerprint density at radius 2 is 0.741 bits per heavy atom. The molecule has 0 spiro atoms. The van der Waals surface area contributed by atoms with Crippen LogP contribution in [0.4, 0.5) is 0 Å². The molecule has 0 N–H and O–H groups in total. The summed E-state index contributed by atoms with van der Waals surface area (Å²) in [4.78, 5) is 38.5. The molecule has 3 aliphatic rings. The van der Waals surface area contributed by atoms with Crippen LogP contribution in [0, 0.1) is 20.8 Å². The van der Waals surface area contributed by atoms with E-state index in [1.807, 2.05) is 39.0 Å². The van der Waals surface area contributed by atoms with Crippen molar-refractivity contribution < 1.29 is 14.4 Å². The Kier molecular flexibility index (Phi) is 4.33. The molecular formula is C24H24O3. The summed E-state index contributed by atoms with van der Waals surface area (Å²) in [5.74, 6) is 0.552. The van der Waals surface area contributed by atoms with Crippen molar-refractivity contribution in [3.63, 3.8) is 0 Å². The highest BCUT2D eigenvalue weighted by atomic mass is 16.1. The maximum absolute atomic E-state index is 12.8. The summed E-state index contributed by atoms with van der Waals surface area (Å²) >= 11 is 0. The molecule has 0 unspecified atom stereocenters. The minimum absolute atomic E-state index is 0.184. The highest BCUT2D eigenvalue weighted by Gasteiger charge is 2.24. The fraction of sp³-hybridized carbons (Fsp3) is 0.375. The van der Waals surface area contributed by atoms with Crippen molar-refractivity contribution in [3.8, 4) is 0 Å². The van der Waals surface area contributed by atoms with Crippen LogP contribution in [-0.4, -0.2) is 17.3 Å². The van der Waals surface area contributed by atoms with E-state index in [1.165, 1.54) is 0 Å². The predicted octanol–water partition coefficient (Wildman–Crippen LogP) is 3.30. The Morgan fingerprint density at radius 1 is 0.481 bits per heavy atom. The van der Waals surface area contributed by atoms with E-state index < -0.39 is 0 Å². The lowest BCUT2D eigenvalue weighted by atomic mass is 9.80. The summed E-state index contributed by atoms with van der Waals surface area (Å²) in [6.45, 7) is 6.06. The molecule has 138 valence electrons. The maximum atomic E-state index is 12.8. The molecule has 2 aromatic rings. The van der Waals surface area contributed by atoms with Crippen LogP contribution < -0.4 is 0 Å². The Morgan fingerprint density at radius 3 is 1.00 bits per heavy atom. The summed E-state index contributed by atoms with van der Waals surface area (Å²) in [5.41, 5.74) is 8.90. The molecule has 6 bridgehead atoms. The third-order valence-electron chi connectivity index (χ3n) is 6.15. The summed E-state index contributed by atoms with van der Waals surface area (Å²) in [6.07, 6.45) is 2.13. The number of ketones is 3. The molecule has 5 rings (SSSR count). The number of carbonyl (C=O) groups excluding carboxylic acids is 3. The van der Waals surface area contributed by atoms with E-state index in [9.17, 15) is 14.4 Å². The zero-order valence-electron chi connectivity index (χ0n) is 16.2. The van der Waals surface area contributed by atoms with Gasteiger partial charge in [-0.1, -0.05) is 18.2 Å². The number of hydrogen-bond donors (Lipinski definition) is 0. The first-order valence-corrected chi connectivity index (χ1v) is 9.59. The highest BCUT2D eigenvalue weighted by molar-refractivity contribution is 5.89. The van der Waals surface area contributed by atoms with Crippen molar-refractivity contribution in [1.29, 1.82) is 0 Å². The lowest BCUT2D eigenvalue weighted by Crippen LogP contribution is -2.20. The normalized spacial score (nSPS) is 16.8. The second-order valence-electron chi connectivity index (χ2n) is 8.15. The van der Waals surface area contributed by atoms with E-state index in [-0.39, 0.29) is 17.3 Å². The molecule has 0 fully saturated rings. The smallest absolute Gasteiger partial charge is 0.141 e. The first-order valence-electron chi connectivity index (χ1n) is 9.59. The molecule has 0 aromatic heterocycles. The molecule has 27 heavy (non-hydrogen) atoms. The lowest BCUT2D eigenvalue weighted by molar-refractivity contribution is -0.118. The van der Waals surface area contributed by atoms with Crippen LogP contribution in [-0.2, 0) is 52.9 Å². The van der Waals surface area contributed by atoms with Crippen LogP contribution in [0.1, 0.15) is 50.1 Å². The van der Waals surface area contributed by atoms with Gasteiger partial charge in [-0.25, -0.2) is 0 Å². The monoisotopic (exact) mass is 360 g/mol. The quantitative estimate of drug-likeness (QED) is 0.724. The third kappa shape index (κ3) is 3.27. The molecule has 3 heteroatoms. The zero-order chi connectivity index (χ0) is 19.3. The van der Waals surface area contributed by atoms with Gasteiger partial charge in [0.15, 0.2) is 0 Å². The van der Waals surface area contributed by atoms with Gasteiger partial charge in [0.05, 0.1) is 0 Å². The van der Waals surface area contributed by atoms with Crippen LogP contribution in [0.3, 0.4) is 0 Å². The van der Waals surface area contributed by atoms with Crippen LogP contribution in [0.15, 0.2) is 18.2 Å². The van der Waals surface area contributed by atoms with E-state index in [1.54, 1.807) is 0 Å². The number of benzene rings is 2. The van der Waals surface area contributed by atoms with E-state index in [4.69, 9.17) is 0 Å². The van der Waals surface area contributed by atoms with Gasteiger partial charge in [-0.2, -0.15) is 0 Å². The minimum Gasteiger partial charge on any atom is -0.299 e. The molecule has 3 nitrogen and oxygen atoms in total. The average molecular weight is 360 g/mol. The van der Waals surface area contributed by atoms with Crippen molar-refractivity contribution in [3.05, 3.63) is 68.3 Å². The Balaban J connectivity index is 2.04. The van der Waals surface area contributed by atoms with Crippen molar-refractivity contribution in [2.75, 3.05) is 0 Å². The summed E-state index contributed by atoms with van der Waals surface area (Å²) < 4.78 is 0. The number of Topliss-reactive ketones (excluding diaryl/α,β-unsaturated/α-hetero) is 3. The zero-order valence-corrected chi connectivity index (χ0v) is 16.2. The molecule has 0 saturated heterocycles. The van der Waals surface area contributed by atoms with Crippen molar-refractivity contribution >= 4 is 17.3 Å². The van der Waals surface area contributed by atoms with Gasteiger partial charge in [-0.05, 0) is 70.8 Å². The fourth-order valence-corrected chi connectivity index (χ4v) is 4.79. The summed E-state index contributed by atoms with van der Waals surface area (Å²) in [5, 5.41) is 0. The first-order chi connectivity index (χ1) is 12.8. The molecule has 0 heterocycles. The van der Waals surface area contributed by atoms with Gasteiger partial charge in [0.1, 0.15) is 17.3 Å². The van der Waals surface area contributed by atoms with Gasteiger partial charge in [0.25, 0.3) is 0 Å². The minimum atomic E-state index is 0.184. The summed E-state index contributed by atoms with van der Waals surface area (Å²) in [6, 6.07) is 5.89. The van der Waals surface area contributed by atoms with Gasteiger partial charge < -0.3 is 0 Å². The van der Waals surface area contributed by atoms with E-state index in [2.05, 4.69) is 0 Å². The van der Waals surface area contributed by atoms with Crippen molar-refractivity contribution in [2.24, 2.45) is 0 Å². The van der Waals surface area contributed by atoms with Gasteiger partial charge in [-0.15, -0.1) is 0 Å². The Labute approximate surface area is 159 Å². The molecular weight excluding hydrogens is 336 g/mol. The van der Waals surface area contributed by atoms with Crippen LogP contribution in [0.2, 0.25) is 0 Å². The predicted molar refractivity (Wildman–Crippen MR) is 104 cm³/mol. The third-order valence-corrected chi connectivity index (χ3v) is 6.15. The van der Waals surface area contributed by atoms with Crippen LogP contribution in [0.5, 0.6) is 0 Å². The maximum Gasteiger partial charge on any atom is 0.141 e. The van der Waals surface area contributed by atoms with Gasteiger partial charge in [0.2, 0.25) is 0 Å². The number of rotatable bonds is 0. The molecule has 0 radical (unpaired) electrons. The summed E-state index contributed by atoms with van der Waals surface area (Å²) in [7, 11) is 0. The second-order valence-corrected chi connectivity index (χ2v) is 8.15. The lowest BCUT2D eigenvalue weighted by Gasteiger charge is -2.23. The second kappa shape index (κ2) is 6.56. The standard InChI is InChI=1S/C24H24O3/c1-13-22-10-19(25)7-16-4-17-6-18(5-16)9-21(27)12-24(14(22)2)15(3)23(13)11-20(26)8-17/h4-6H,7-12H2,1-3H3. The van der Waals surface area contributed by atoms with Gasteiger partial charge >= 0.3 is 0 Å². The van der Waals surface area contributed by atoms with Crippen LogP contribution >= 0.6 is 0 Å². The number of hydrogen-bond acceptors (Lipinski definition) is 3. The first kappa shape index (κ1) is 17.8. The molecule has 0 atom stereocenters. The highest BCUT2D eigenvalue weighted by Crippen LogP contribution is 2.31. The number of fused-ring (bicyclic) bond motifs is 6. The average Bonchev–Trinajstić information content (AvgIpc) is 2.57. The van der Waals surface area contributed by atoms with Gasteiger partial charge in [0, 0.05) is 38.5 Å². The molecule has 3 aliphatic carbocycles. The van der Waals surface area contributed by atoms with E-state index in [0.717, 1.165) is 50.1 Å². The van der Waals surface area contributed by atoms with Crippen molar-refractivity contribution in [1.82, 2.24) is 0 Å². The Hall–Kier alpha value is -2.55. The van der Waals surface area contributed by atoms with Gasteiger partial charge in [-0.3, -0.25) is 14.4 Å². The largest absolute Gasteiger partial charge is 0.299 e. The molecule has 0 aliphatic heterocycles. The Bertz CT molecular complexity index is 849. The molecule has 2 aromatic carbocycles. The van der Waals surface area contributed by atoms with Crippen molar-refractivity contribution in [2.45, 2.75) is 59.3 Å². The fourth-order valence-electron chi connectivity index (χ4n) is 4.79. The molecule has 0 amide bonds.